The summed E-state index contributed by atoms with van der Waals surface area (Å²) >= 11 is 12.5. The number of methoxy groups -OCH3 is 1. The van der Waals surface area contributed by atoms with Crippen molar-refractivity contribution in [2.75, 3.05) is 7.11 Å². The van der Waals surface area contributed by atoms with Gasteiger partial charge in [-0.05, 0) is 26.0 Å². The summed E-state index contributed by atoms with van der Waals surface area (Å²) < 4.78 is 7.24. The molecular weight excluding hydrogens is 309 g/mol. The first-order valence-corrected chi connectivity index (χ1v) is 7.58. The number of benzene rings is 1. The lowest BCUT2D eigenvalue weighted by Gasteiger charge is -2.12. The van der Waals surface area contributed by atoms with Crippen molar-refractivity contribution in [3.63, 3.8) is 0 Å². The Bertz CT molecular complexity index is 626. The molecule has 0 bridgehead atoms. The molecule has 21 heavy (non-hydrogen) atoms. The lowest BCUT2D eigenvalue weighted by molar-refractivity contribution is 0.407. The van der Waals surface area contributed by atoms with Gasteiger partial charge in [0.1, 0.15) is 5.75 Å². The van der Waals surface area contributed by atoms with Crippen LogP contribution in [0.1, 0.15) is 23.9 Å². The molecule has 4 nitrogen and oxygen atoms in total. The fraction of sp³-hybridized carbons (Fsp3) is 0.400. The Morgan fingerprint density at radius 3 is 2.71 bits per heavy atom. The van der Waals surface area contributed by atoms with Crippen LogP contribution in [0.5, 0.6) is 5.75 Å². The van der Waals surface area contributed by atoms with Gasteiger partial charge in [-0.3, -0.25) is 4.68 Å². The minimum absolute atomic E-state index is 0.604. The van der Waals surface area contributed by atoms with Crippen LogP contribution in [0.3, 0.4) is 0 Å². The zero-order valence-electron chi connectivity index (χ0n) is 12.4. The molecule has 1 heterocycles. The first-order valence-electron chi connectivity index (χ1n) is 6.82. The first kappa shape index (κ1) is 16.1. The van der Waals surface area contributed by atoms with E-state index in [2.05, 4.69) is 10.4 Å². The summed E-state index contributed by atoms with van der Waals surface area (Å²) in [7, 11) is 1.64. The van der Waals surface area contributed by atoms with E-state index in [0.717, 1.165) is 34.3 Å². The van der Waals surface area contributed by atoms with E-state index in [0.29, 0.717) is 18.1 Å². The summed E-state index contributed by atoms with van der Waals surface area (Å²) in [6.07, 6.45) is 0. The van der Waals surface area contributed by atoms with Crippen LogP contribution in [0.15, 0.2) is 18.2 Å². The minimum atomic E-state index is 0.604. The molecule has 0 saturated carbocycles. The topological polar surface area (TPSA) is 39.1 Å². The highest BCUT2D eigenvalue weighted by atomic mass is 35.5. The summed E-state index contributed by atoms with van der Waals surface area (Å²) in [4.78, 5) is 0. The number of hydrogen-bond acceptors (Lipinski definition) is 3. The van der Waals surface area contributed by atoms with Gasteiger partial charge < -0.3 is 10.1 Å². The van der Waals surface area contributed by atoms with Crippen LogP contribution in [0.2, 0.25) is 10.0 Å². The normalized spacial score (nSPS) is 10.9. The zero-order chi connectivity index (χ0) is 15.4. The number of halogens is 2. The van der Waals surface area contributed by atoms with E-state index in [-0.39, 0.29) is 0 Å². The average molecular weight is 328 g/mol. The summed E-state index contributed by atoms with van der Waals surface area (Å²) in [5.74, 6) is 0.779. The fourth-order valence-electron chi connectivity index (χ4n) is 2.25. The number of ether oxygens (including phenoxy) is 1. The van der Waals surface area contributed by atoms with Crippen LogP contribution in [0.25, 0.3) is 0 Å². The van der Waals surface area contributed by atoms with Gasteiger partial charge >= 0.3 is 0 Å². The van der Waals surface area contributed by atoms with Crippen LogP contribution in [0, 0.1) is 6.92 Å². The second-order valence-corrected chi connectivity index (χ2v) is 5.47. The monoisotopic (exact) mass is 327 g/mol. The van der Waals surface area contributed by atoms with Crippen LogP contribution in [-0.4, -0.2) is 16.9 Å². The van der Waals surface area contributed by atoms with Crippen molar-refractivity contribution < 1.29 is 4.74 Å². The van der Waals surface area contributed by atoms with Crippen LogP contribution >= 0.6 is 23.2 Å². The van der Waals surface area contributed by atoms with E-state index >= 15 is 0 Å². The molecule has 0 amide bonds. The number of hydrogen-bond donors (Lipinski definition) is 1. The van der Waals surface area contributed by atoms with Crippen molar-refractivity contribution in [1.82, 2.24) is 15.1 Å². The Labute approximate surface area is 135 Å². The summed E-state index contributed by atoms with van der Waals surface area (Å²) in [6, 6.07) is 5.63. The number of nitrogens with one attached hydrogen (secondary N) is 1. The van der Waals surface area contributed by atoms with E-state index in [1.165, 1.54) is 0 Å². The molecule has 0 fully saturated rings. The molecule has 0 unspecified atom stereocenters. The van der Waals surface area contributed by atoms with Gasteiger partial charge in [-0.2, -0.15) is 5.10 Å². The van der Waals surface area contributed by atoms with Gasteiger partial charge in [0, 0.05) is 30.2 Å². The van der Waals surface area contributed by atoms with Gasteiger partial charge in [-0.15, -0.1) is 0 Å². The van der Waals surface area contributed by atoms with Gasteiger partial charge in [0.05, 0.1) is 23.5 Å². The van der Waals surface area contributed by atoms with E-state index in [1.807, 2.05) is 36.7 Å². The molecule has 0 radical (unpaired) electrons. The largest absolute Gasteiger partial charge is 0.496 e. The van der Waals surface area contributed by atoms with E-state index in [4.69, 9.17) is 27.9 Å². The molecule has 2 rings (SSSR count). The molecule has 1 aromatic carbocycles. The molecule has 6 heteroatoms. The molecule has 1 N–H and O–H groups in total. The molecule has 0 atom stereocenters. The van der Waals surface area contributed by atoms with Crippen LogP contribution < -0.4 is 10.1 Å². The number of aryl methyl sites for hydroxylation is 2. The molecule has 114 valence electrons. The second kappa shape index (κ2) is 7.16. The predicted octanol–water partition coefficient (Wildman–Crippen LogP) is 3.82. The Kier molecular flexibility index (Phi) is 5.51. The standard InChI is InChI=1S/C15H19Cl2N3O/c1-4-20-13(15(17)10(2)19-20)9-18-8-11-12(16)6-5-7-14(11)21-3/h5-7,18H,4,8-9H2,1-3H3. The van der Waals surface area contributed by atoms with E-state index in [1.54, 1.807) is 7.11 Å². The second-order valence-electron chi connectivity index (χ2n) is 4.69. The molecule has 0 aliphatic carbocycles. The molecule has 1 aromatic heterocycles. The van der Waals surface area contributed by atoms with Crippen molar-refractivity contribution in [2.45, 2.75) is 33.5 Å². The zero-order valence-corrected chi connectivity index (χ0v) is 13.9. The molecular formula is C15H19Cl2N3O. The summed E-state index contributed by atoms with van der Waals surface area (Å²) in [5, 5.41) is 9.16. The van der Waals surface area contributed by atoms with Gasteiger partial charge in [0.2, 0.25) is 0 Å². The Hall–Kier alpha value is -1.23. The van der Waals surface area contributed by atoms with Gasteiger partial charge in [0.15, 0.2) is 0 Å². The highest BCUT2D eigenvalue weighted by molar-refractivity contribution is 6.32. The van der Waals surface area contributed by atoms with Crippen LogP contribution in [0.4, 0.5) is 0 Å². The maximum absolute atomic E-state index is 6.29. The molecule has 0 saturated heterocycles. The third kappa shape index (κ3) is 3.51. The number of rotatable bonds is 6. The number of nitrogens with zero attached hydrogens (tertiary/aromatic N) is 2. The molecule has 0 aliphatic heterocycles. The third-order valence-electron chi connectivity index (χ3n) is 3.34. The maximum Gasteiger partial charge on any atom is 0.124 e. The molecule has 2 aromatic rings. The van der Waals surface area contributed by atoms with Crippen molar-refractivity contribution in [2.24, 2.45) is 0 Å². The lowest BCUT2D eigenvalue weighted by atomic mass is 10.2. The highest BCUT2D eigenvalue weighted by Crippen LogP contribution is 2.26. The Morgan fingerprint density at radius 1 is 1.29 bits per heavy atom. The fourth-order valence-corrected chi connectivity index (χ4v) is 2.68. The smallest absolute Gasteiger partial charge is 0.124 e. The van der Waals surface area contributed by atoms with E-state index < -0.39 is 0 Å². The maximum atomic E-state index is 6.29. The molecule has 0 spiro atoms. The Balaban J connectivity index is 2.09. The first-order chi connectivity index (χ1) is 10.1. The summed E-state index contributed by atoms with van der Waals surface area (Å²) in [5.41, 5.74) is 2.78. The minimum Gasteiger partial charge on any atom is -0.496 e. The predicted molar refractivity (Wildman–Crippen MR) is 86.2 cm³/mol. The SMILES string of the molecule is CCn1nc(C)c(Cl)c1CNCc1c(Cl)cccc1OC. The third-order valence-corrected chi connectivity index (χ3v) is 4.19. The molecule has 0 aliphatic rings. The van der Waals surface area contributed by atoms with Crippen molar-refractivity contribution in [3.8, 4) is 5.75 Å². The van der Waals surface area contributed by atoms with E-state index in [9.17, 15) is 0 Å². The highest BCUT2D eigenvalue weighted by Gasteiger charge is 2.13. The van der Waals surface area contributed by atoms with Crippen LogP contribution in [-0.2, 0) is 19.6 Å². The Morgan fingerprint density at radius 2 is 2.05 bits per heavy atom. The van der Waals surface area contributed by atoms with Gasteiger partial charge in [-0.25, -0.2) is 0 Å². The van der Waals surface area contributed by atoms with Crippen molar-refractivity contribution in [1.29, 1.82) is 0 Å². The average Bonchev–Trinajstić information content (AvgIpc) is 2.76. The summed E-state index contributed by atoms with van der Waals surface area (Å²) in [6.45, 7) is 5.98. The lowest BCUT2D eigenvalue weighted by Crippen LogP contribution is -2.17. The van der Waals surface area contributed by atoms with Gasteiger partial charge in [0.25, 0.3) is 0 Å². The van der Waals surface area contributed by atoms with Gasteiger partial charge in [-0.1, -0.05) is 29.3 Å². The quantitative estimate of drug-likeness (QED) is 0.876. The number of aromatic nitrogens is 2. The van der Waals surface area contributed by atoms with Crippen molar-refractivity contribution >= 4 is 23.2 Å². The van der Waals surface area contributed by atoms with Crippen molar-refractivity contribution in [3.05, 3.63) is 45.2 Å².